The lowest BCUT2D eigenvalue weighted by Gasteiger charge is -2.28. The Labute approximate surface area is 176 Å². The molecule has 0 radical (unpaired) electrons. The molecular formula is C22H30N2O6. The van der Waals surface area contributed by atoms with Gasteiger partial charge in [0.05, 0.1) is 0 Å². The third-order valence-electron chi connectivity index (χ3n) is 4.55. The van der Waals surface area contributed by atoms with Crippen LogP contribution in [0.3, 0.4) is 0 Å². The van der Waals surface area contributed by atoms with Crippen LogP contribution in [0.15, 0.2) is 22.7 Å². The summed E-state index contributed by atoms with van der Waals surface area (Å²) in [5, 5.41) is 25.6. The van der Waals surface area contributed by atoms with E-state index in [0.29, 0.717) is 23.6 Å². The number of phenolic OH excluding ortho intramolecular Hbond substituents is 1. The lowest BCUT2D eigenvalue weighted by Crippen LogP contribution is -2.30. The molecule has 0 fully saturated rings. The number of carboxylic acid groups (broad SMARTS) is 1. The van der Waals surface area contributed by atoms with Crippen LogP contribution < -0.4 is 5.32 Å². The molecule has 2 rings (SSSR count). The van der Waals surface area contributed by atoms with Gasteiger partial charge in [-0.15, -0.1) is 0 Å². The molecule has 2 aromatic rings. The molecule has 0 saturated heterocycles. The number of benzene rings is 1. The molecule has 0 aliphatic carbocycles. The summed E-state index contributed by atoms with van der Waals surface area (Å²) in [5.74, 6) is -0.327. The quantitative estimate of drug-likeness (QED) is 0.648. The van der Waals surface area contributed by atoms with Crippen molar-refractivity contribution in [1.29, 1.82) is 0 Å². The van der Waals surface area contributed by atoms with Gasteiger partial charge in [0.2, 0.25) is 0 Å². The van der Waals surface area contributed by atoms with Crippen molar-refractivity contribution < 1.29 is 29.1 Å². The van der Waals surface area contributed by atoms with E-state index in [1.54, 1.807) is 6.07 Å². The molecular weight excluding hydrogens is 388 g/mol. The Hall–Kier alpha value is -3.03. The predicted octanol–water partition coefficient (Wildman–Crippen LogP) is 4.00. The molecule has 0 aliphatic rings. The Morgan fingerprint density at radius 3 is 2.13 bits per heavy atom. The van der Waals surface area contributed by atoms with E-state index in [1.807, 2.05) is 53.7 Å². The average Bonchev–Trinajstić information content (AvgIpc) is 3.07. The molecule has 8 heteroatoms. The average molecular weight is 418 g/mol. The predicted molar refractivity (Wildman–Crippen MR) is 112 cm³/mol. The van der Waals surface area contributed by atoms with Crippen molar-refractivity contribution in [3.63, 3.8) is 0 Å². The first kappa shape index (κ1) is 23.3. The van der Waals surface area contributed by atoms with Gasteiger partial charge in [0, 0.05) is 29.2 Å². The van der Waals surface area contributed by atoms with Crippen LogP contribution in [-0.4, -0.2) is 40.6 Å². The van der Waals surface area contributed by atoms with Crippen molar-refractivity contribution in [3.05, 3.63) is 35.1 Å². The standard InChI is InChI=1S/C22H30N2O6/c1-21(2,3)15-9-13(10-16(19(15)27)22(4,5)6)17-11-14(30-24-17)7-8-29-20(28)23-12-18(25)26/h9-11,27H,7-8,12H2,1-6H3,(H,23,28)(H,25,26). The normalized spacial score (nSPS) is 11.9. The number of nitrogens with zero attached hydrogens (tertiary/aromatic N) is 1. The molecule has 0 saturated carbocycles. The number of aromatic nitrogens is 1. The first-order valence-corrected chi connectivity index (χ1v) is 9.75. The van der Waals surface area contributed by atoms with Gasteiger partial charge in [-0.1, -0.05) is 46.7 Å². The molecule has 8 nitrogen and oxygen atoms in total. The molecule has 30 heavy (non-hydrogen) atoms. The lowest BCUT2D eigenvalue weighted by atomic mass is 9.78. The minimum atomic E-state index is -1.15. The minimum absolute atomic E-state index is 0.0240. The number of aromatic hydroxyl groups is 1. The number of nitrogens with one attached hydrogen (secondary N) is 1. The van der Waals surface area contributed by atoms with Gasteiger partial charge in [0.25, 0.3) is 0 Å². The number of alkyl carbamates (subject to hydrolysis) is 1. The molecule has 0 unspecified atom stereocenters. The van der Waals surface area contributed by atoms with Gasteiger partial charge < -0.3 is 24.8 Å². The number of carbonyl (C=O) groups excluding carboxylic acids is 1. The number of ether oxygens (including phenoxy) is 1. The summed E-state index contributed by atoms with van der Waals surface area (Å²) >= 11 is 0. The SMILES string of the molecule is CC(C)(C)c1cc(-c2cc(CCOC(=O)NCC(=O)O)on2)cc(C(C)(C)C)c1O. The van der Waals surface area contributed by atoms with Gasteiger partial charge in [-0.25, -0.2) is 4.79 Å². The van der Waals surface area contributed by atoms with Crippen molar-refractivity contribution in [2.24, 2.45) is 0 Å². The molecule has 1 aromatic heterocycles. The highest BCUT2D eigenvalue weighted by Crippen LogP contribution is 2.41. The first-order chi connectivity index (χ1) is 13.8. The zero-order chi connectivity index (χ0) is 22.7. The smallest absolute Gasteiger partial charge is 0.407 e. The number of hydrogen-bond donors (Lipinski definition) is 3. The molecule has 164 valence electrons. The van der Waals surface area contributed by atoms with Crippen molar-refractivity contribution in [3.8, 4) is 17.0 Å². The number of phenols is 1. The van der Waals surface area contributed by atoms with E-state index in [1.165, 1.54) is 0 Å². The zero-order valence-corrected chi connectivity index (χ0v) is 18.3. The molecule has 0 spiro atoms. The third-order valence-corrected chi connectivity index (χ3v) is 4.55. The first-order valence-electron chi connectivity index (χ1n) is 9.75. The summed E-state index contributed by atoms with van der Waals surface area (Å²) in [6, 6.07) is 5.61. The highest BCUT2D eigenvalue weighted by atomic mass is 16.5. The Bertz CT molecular complexity index is 883. The van der Waals surface area contributed by atoms with Crippen LogP contribution in [0.25, 0.3) is 11.3 Å². The summed E-state index contributed by atoms with van der Waals surface area (Å²) in [6.45, 7) is 11.8. The number of hydrogen-bond acceptors (Lipinski definition) is 6. The van der Waals surface area contributed by atoms with Gasteiger partial charge in [0.1, 0.15) is 30.4 Å². The van der Waals surface area contributed by atoms with E-state index in [0.717, 1.165) is 16.7 Å². The topological polar surface area (TPSA) is 122 Å². The fourth-order valence-corrected chi connectivity index (χ4v) is 2.94. The van der Waals surface area contributed by atoms with Crippen molar-refractivity contribution in [2.75, 3.05) is 13.2 Å². The van der Waals surface area contributed by atoms with Gasteiger partial charge in [0.15, 0.2) is 0 Å². The number of amides is 1. The molecule has 0 atom stereocenters. The van der Waals surface area contributed by atoms with Gasteiger partial charge >= 0.3 is 12.1 Å². The molecule has 0 aliphatic heterocycles. The van der Waals surface area contributed by atoms with Crippen LogP contribution in [0, 0.1) is 0 Å². The highest BCUT2D eigenvalue weighted by molar-refractivity contribution is 5.76. The van der Waals surface area contributed by atoms with Gasteiger partial charge in [-0.05, 0) is 23.0 Å². The maximum Gasteiger partial charge on any atom is 0.407 e. The van der Waals surface area contributed by atoms with Gasteiger partial charge in [-0.2, -0.15) is 0 Å². The van der Waals surface area contributed by atoms with Crippen molar-refractivity contribution in [1.82, 2.24) is 10.5 Å². The Morgan fingerprint density at radius 1 is 1.07 bits per heavy atom. The number of carboxylic acids is 1. The monoisotopic (exact) mass is 418 g/mol. The molecule has 1 aromatic carbocycles. The molecule has 1 heterocycles. The van der Waals surface area contributed by atoms with E-state index in [2.05, 4.69) is 10.5 Å². The lowest BCUT2D eigenvalue weighted by molar-refractivity contribution is -0.135. The third kappa shape index (κ3) is 5.98. The molecule has 1 amide bonds. The Balaban J connectivity index is 2.20. The van der Waals surface area contributed by atoms with E-state index >= 15 is 0 Å². The van der Waals surface area contributed by atoms with Crippen LogP contribution >= 0.6 is 0 Å². The number of rotatable bonds is 6. The number of carbonyl (C=O) groups is 2. The van der Waals surface area contributed by atoms with E-state index in [-0.39, 0.29) is 17.4 Å². The Kier molecular flexibility index (Phi) is 6.80. The van der Waals surface area contributed by atoms with Crippen LogP contribution in [0.2, 0.25) is 0 Å². The van der Waals surface area contributed by atoms with E-state index in [9.17, 15) is 14.7 Å². The minimum Gasteiger partial charge on any atom is -0.507 e. The second kappa shape index (κ2) is 8.77. The van der Waals surface area contributed by atoms with E-state index in [4.69, 9.17) is 14.4 Å². The van der Waals surface area contributed by atoms with Crippen LogP contribution in [-0.2, 0) is 26.8 Å². The van der Waals surface area contributed by atoms with Crippen LogP contribution in [0.5, 0.6) is 5.75 Å². The van der Waals surface area contributed by atoms with Crippen LogP contribution in [0.4, 0.5) is 4.79 Å². The van der Waals surface area contributed by atoms with Crippen molar-refractivity contribution >= 4 is 12.1 Å². The second-order valence-corrected chi connectivity index (χ2v) is 9.23. The van der Waals surface area contributed by atoms with Crippen molar-refractivity contribution in [2.45, 2.75) is 58.8 Å². The van der Waals surface area contributed by atoms with Gasteiger partial charge in [-0.3, -0.25) is 4.79 Å². The summed E-state index contributed by atoms with van der Waals surface area (Å²) in [5.41, 5.74) is 2.59. The largest absolute Gasteiger partial charge is 0.507 e. The van der Waals surface area contributed by atoms with E-state index < -0.39 is 18.6 Å². The maximum atomic E-state index is 11.4. The summed E-state index contributed by atoms with van der Waals surface area (Å²) in [4.78, 5) is 21.8. The zero-order valence-electron chi connectivity index (χ0n) is 18.3. The fourth-order valence-electron chi connectivity index (χ4n) is 2.94. The number of aliphatic carboxylic acids is 1. The fraction of sp³-hybridized carbons (Fsp3) is 0.500. The highest BCUT2D eigenvalue weighted by Gasteiger charge is 2.27. The summed E-state index contributed by atoms with van der Waals surface area (Å²) < 4.78 is 10.3. The second-order valence-electron chi connectivity index (χ2n) is 9.23. The summed E-state index contributed by atoms with van der Waals surface area (Å²) in [6.07, 6.45) is -0.510. The summed E-state index contributed by atoms with van der Waals surface area (Å²) in [7, 11) is 0. The maximum absolute atomic E-state index is 11.4. The molecule has 0 bridgehead atoms. The van der Waals surface area contributed by atoms with Crippen LogP contribution in [0.1, 0.15) is 58.4 Å². The Morgan fingerprint density at radius 2 is 1.63 bits per heavy atom. The molecule has 3 N–H and O–H groups in total.